The van der Waals surface area contributed by atoms with E-state index in [4.69, 9.17) is 74.3 Å². The van der Waals surface area contributed by atoms with Crippen molar-refractivity contribution in [3.8, 4) is 5.75 Å². The van der Waals surface area contributed by atoms with E-state index in [9.17, 15) is 27.9 Å². The lowest BCUT2D eigenvalue weighted by molar-refractivity contribution is -0.154. The van der Waals surface area contributed by atoms with Gasteiger partial charge in [0.15, 0.2) is 5.75 Å². The van der Waals surface area contributed by atoms with Crippen LogP contribution in [0.4, 0.5) is 13.2 Å². The molecular weight excluding hydrogens is 598 g/mol. The number of hydrogen-bond acceptors (Lipinski definition) is 3. The molecule has 0 saturated heterocycles. The number of carbonyl (C=O) groups is 2. The lowest BCUT2D eigenvalue weighted by Gasteiger charge is -2.30. The fraction of sp³-hybridized carbons (Fsp3) is 0.0909. The van der Waals surface area contributed by atoms with Crippen molar-refractivity contribution in [2.24, 2.45) is 0 Å². The molecule has 184 valence electrons. The molecule has 4 nitrogen and oxygen atoms in total. The number of ether oxygens (including phenoxy) is 1. The third-order valence-electron chi connectivity index (χ3n) is 4.79. The number of hydrogen-bond donors (Lipinski definition) is 1. The van der Waals surface area contributed by atoms with Crippen molar-refractivity contribution in [3.63, 3.8) is 0 Å². The van der Waals surface area contributed by atoms with Crippen molar-refractivity contribution < 1.29 is 32.6 Å². The number of aliphatic carboxylic acids is 1. The number of benzene rings is 3. The first-order valence-electron chi connectivity index (χ1n) is 9.12. The number of carboxylic acids is 1. The second-order valence-electron chi connectivity index (χ2n) is 6.97. The van der Waals surface area contributed by atoms with Crippen LogP contribution in [0.2, 0.25) is 30.1 Å². The number of carboxylic acid groups (broad SMARTS) is 1. The predicted octanol–water partition coefficient (Wildman–Crippen LogP) is 8.60. The van der Waals surface area contributed by atoms with Crippen LogP contribution >= 0.6 is 69.6 Å². The molecule has 0 aromatic heterocycles. The Balaban J connectivity index is 2.39. The van der Waals surface area contributed by atoms with E-state index in [1.165, 1.54) is 0 Å². The van der Waals surface area contributed by atoms with E-state index in [0.717, 1.165) is 36.4 Å². The normalized spacial score (nSPS) is 13.3. The molecule has 0 aliphatic carbocycles. The third-order valence-corrected chi connectivity index (χ3v) is 6.38. The molecule has 0 saturated carbocycles. The maximum atomic E-state index is 13.6. The zero-order chi connectivity index (χ0) is 26.3. The third kappa shape index (κ3) is 5.31. The van der Waals surface area contributed by atoms with Crippen LogP contribution in [0.1, 0.15) is 16.7 Å². The summed E-state index contributed by atoms with van der Waals surface area (Å²) in [7, 11) is 0. The number of carbonyl (C=O) groups excluding carboxylic acids is 1. The van der Waals surface area contributed by atoms with Gasteiger partial charge < -0.3 is 9.84 Å². The highest BCUT2D eigenvalue weighted by Gasteiger charge is 2.55. The lowest BCUT2D eigenvalue weighted by atomic mass is 9.73. The minimum absolute atomic E-state index is 0.0239. The molecule has 3 rings (SSSR count). The summed E-state index contributed by atoms with van der Waals surface area (Å²) >= 11 is 36.4. The van der Waals surface area contributed by atoms with E-state index < -0.39 is 56.0 Å². The fourth-order valence-corrected chi connectivity index (χ4v) is 5.30. The van der Waals surface area contributed by atoms with E-state index in [1.54, 1.807) is 0 Å². The highest BCUT2D eigenvalue weighted by atomic mass is 35.5. The van der Waals surface area contributed by atoms with Gasteiger partial charge in [-0.25, -0.2) is 4.79 Å². The summed E-state index contributed by atoms with van der Waals surface area (Å²) in [6.07, 6.45) is -4.87. The minimum Gasteiger partial charge on any atom is -0.480 e. The topological polar surface area (TPSA) is 63.6 Å². The Kier molecular flexibility index (Phi) is 8.11. The average Bonchev–Trinajstić information content (AvgIpc) is 2.72. The van der Waals surface area contributed by atoms with Crippen LogP contribution in [0.15, 0.2) is 48.5 Å². The maximum absolute atomic E-state index is 13.6. The molecule has 3 aromatic carbocycles. The molecule has 35 heavy (non-hydrogen) atoms. The van der Waals surface area contributed by atoms with Crippen LogP contribution in [-0.4, -0.2) is 17.0 Å². The van der Waals surface area contributed by atoms with Gasteiger partial charge in [-0.3, -0.25) is 4.79 Å². The molecule has 1 unspecified atom stereocenters. The van der Waals surface area contributed by atoms with Gasteiger partial charge in [0.1, 0.15) is 0 Å². The van der Waals surface area contributed by atoms with Gasteiger partial charge in [-0.15, -0.1) is 0 Å². The first-order chi connectivity index (χ1) is 16.2. The molecule has 1 atom stereocenters. The SMILES string of the molecule is O=C(O)C(C(=O)Oc1c(Cl)cc(Cl)cc1Cl)(c1cccc(C(F)(F)F)c1)c1c(Cl)cc(Cl)cc1Cl. The first-order valence-corrected chi connectivity index (χ1v) is 11.4. The Hall–Kier alpha value is -1.87. The molecule has 0 amide bonds. The summed E-state index contributed by atoms with van der Waals surface area (Å²) in [6.45, 7) is 0. The summed E-state index contributed by atoms with van der Waals surface area (Å²) in [5.41, 5.74) is -5.48. The van der Waals surface area contributed by atoms with Crippen molar-refractivity contribution in [3.05, 3.63) is 95.4 Å². The van der Waals surface area contributed by atoms with E-state index in [2.05, 4.69) is 0 Å². The molecular formula is C22H9Cl6F3O4. The number of esters is 1. The van der Waals surface area contributed by atoms with Crippen LogP contribution in [0, 0.1) is 0 Å². The molecule has 0 bridgehead atoms. The van der Waals surface area contributed by atoms with Crippen LogP contribution in [0.5, 0.6) is 5.75 Å². The second-order valence-corrected chi connectivity index (χ2v) is 9.47. The summed E-state index contributed by atoms with van der Waals surface area (Å²) in [4.78, 5) is 26.4. The molecule has 0 aliphatic rings. The van der Waals surface area contributed by atoms with Gasteiger partial charge in [0.05, 0.1) is 15.6 Å². The van der Waals surface area contributed by atoms with Gasteiger partial charge in [0.2, 0.25) is 5.41 Å². The number of halogens is 9. The van der Waals surface area contributed by atoms with Gasteiger partial charge in [0.25, 0.3) is 0 Å². The van der Waals surface area contributed by atoms with Crippen LogP contribution < -0.4 is 4.74 Å². The van der Waals surface area contributed by atoms with Gasteiger partial charge in [0, 0.05) is 25.7 Å². The molecule has 1 N–H and O–H groups in total. The van der Waals surface area contributed by atoms with Crippen LogP contribution in [0.3, 0.4) is 0 Å². The minimum atomic E-state index is -4.87. The van der Waals surface area contributed by atoms with E-state index in [0.29, 0.717) is 12.1 Å². The van der Waals surface area contributed by atoms with Crippen molar-refractivity contribution in [1.29, 1.82) is 0 Å². The van der Waals surface area contributed by atoms with Crippen molar-refractivity contribution in [1.82, 2.24) is 0 Å². The quantitative estimate of drug-likeness (QED) is 0.179. The Morgan fingerprint density at radius 1 is 0.743 bits per heavy atom. The largest absolute Gasteiger partial charge is 0.480 e. The van der Waals surface area contributed by atoms with Crippen LogP contribution in [0.25, 0.3) is 0 Å². The zero-order valence-corrected chi connectivity index (χ0v) is 21.2. The molecule has 3 aromatic rings. The molecule has 13 heteroatoms. The lowest BCUT2D eigenvalue weighted by Crippen LogP contribution is -2.48. The fourth-order valence-electron chi connectivity index (χ4n) is 3.31. The second kappa shape index (κ2) is 10.2. The van der Waals surface area contributed by atoms with Crippen molar-refractivity contribution in [2.75, 3.05) is 0 Å². The summed E-state index contributed by atoms with van der Waals surface area (Å²) in [6, 6.07) is 7.54. The molecule has 0 fully saturated rings. The van der Waals surface area contributed by atoms with Gasteiger partial charge in [-0.1, -0.05) is 81.7 Å². The number of alkyl halides is 3. The first kappa shape index (κ1) is 27.7. The Bertz CT molecular complexity index is 1300. The summed E-state index contributed by atoms with van der Waals surface area (Å²) in [5, 5.41) is 9.02. The van der Waals surface area contributed by atoms with Crippen molar-refractivity contribution in [2.45, 2.75) is 11.6 Å². The van der Waals surface area contributed by atoms with E-state index in [1.807, 2.05) is 0 Å². The van der Waals surface area contributed by atoms with Gasteiger partial charge >= 0.3 is 18.1 Å². The maximum Gasteiger partial charge on any atom is 0.416 e. The zero-order valence-electron chi connectivity index (χ0n) is 16.7. The summed E-state index contributed by atoms with van der Waals surface area (Å²) < 4.78 is 45.7. The Morgan fingerprint density at radius 2 is 1.20 bits per heavy atom. The highest BCUT2D eigenvalue weighted by Crippen LogP contribution is 2.46. The number of rotatable bonds is 5. The molecule has 0 radical (unpaired) electrons. The van der Waals surface area contributed by atoms with Crippen molar-refractivity contribution >= 4 is 81.5 Å². The molecule has 0 spiro atoms. The monoisotopic (exact) mass is 604 g/mol. The predicted molar refractivity (Wildman–Crippen MR) is 128 cm³/mol. The standard InChI is InChI=1S/C22H9Cl6F3O4/c23-11-5-13(25)17(14(26)6-11)21(19(32)33,9-2-1-3-10(4-9)22(29,30)31)20(34)35-18-15(27)7-12(24)8-16(18)28/h1-8H,(H,32,33). The van der Waals surface area contributed by atoms with Gasteiger partial charge in [-0.2, -0.15) is 13.2 Å². The Labute approximate surface area is 226 Å². The van der Waals surface area contributed by atoms with Gasteiger partial charge in [-0.05, 0) is 42.0 Å². The molecule has 0 aliphatic heterocycles. The van der Waals surface area contributed by atoms with Crippen LogP contribution in [-0.2, 0) is 21.2 Å². The highest BCUT2D eigenvalue weighted by molar-refractivity contribution is 6.41. The smallest absolute Gasteiger partial charge is 0.416 e. The van der Waals surface area contributed by atoms with E-state index >= 15 is 0 Å². The average molecular weight is 607 g/mol. The molecule has 0 heterocycles. The Morgan fingerprint density at radius 3 is 1.66 bits per heavy atom. The summed E-state index contributed by atoms with van der Waals surface area (Å²) in [5.74, 6) is -4.04. The van der Waals surface area contributed by atoms with E-state index in [-0.39, 0.29) is 20.1 Å².